The van der Waals surface area contributed by atoms with Crippen LogP contribution in [0, 0.1) is 22.7 Å². The van der Waals surface area contributed by atoms with Crippen LogP contribution in [0.25, 0.3) is 0 Å². The lowest BCUT2D eigenvalue weighted by atomic mass is 9.43. The average Bonchev–Trinajstić information content (AvgIpc) is 3.30. The van der Waals surface area contributed by atoms with Crippen LogP contribution in [0.5, 0.6) is 11.5 Å². The molecule has 1 spiro atoms. The standard InChI is InChI=1S/C25H35NO8S/c1-13-5-6-19-23(2,3)21(29)18(28)11-24(19,4)25(13)10-15-17(27)9-14-16(20(15)34-25)12-26(22(14)30)7-8-35(31,32)33/h9,13,18-19,21,27-29H,5-8,10-12H2,1-4H3,(H,31,32,33)/t13-,18-,19+,21-,24+,25-/m1/s1. The third kappa shape index (κ3) is 3.36. The molecule has 0 radical (unpaired) electrons. The monoisotopic (exact) mass is 509 g/mol. The van der Waals surface area contributed by atoms with Gasteiger partial charge in [-0.2, -0.15) is 8.42 Å². The molecule has 10 heteroatoms. The number of fused-ring (bicyclic) bond motifs is 5. The van der Waals surface area contributed by atoms with E-state index in [9.17, 15) is 28.5 Å². The lowest BCUT2D eigenvalue weighted by Crippen LogP contribution is -2.69. The summed E-state index contributed by atoms with van der Waals surface area (Å²) >= 11 is 0. The van der Waals surface area contributed by atoms with Gasteiger partial charge in [-0.1, -0.05) is 27.7 Å². The molecule has 6 atom stereocenters. The summed E-state index contributed by atoms with van der Waals surface area (Å²) in [6.07, 6.45) is 0.792. The quantitative estimate of drug-likeness (QED) is 0.454. The Balaban J connectivity index is 1.56. The Morgan fingerprint density at radius 2 is 1.86 bits per heavy atom. The highest BCUT2D eigenvalue weighted by atomic mass is 32.2. The molecular formula is C25H35NO8S. The van der Waals surface area contributed by atoms with Crippen molar-refractivity contribution in [3.8, 4) is 11.5 Å². The zero-order chi connectivity index (χ0) is 25.7. The van der Waals surface area contributed by atoms with E-state index in [1.807, 2.05) is 13.8 Å². The maximum Gasteiger partial charge on any atom is 0.266 e. The summed E-state index contributed by atoms with van der Waals surface area (Å²) in [6, 6.07) is 1.43. The van der Waals surface area contributed by atoms with Gasteiger partial charge in [0, 0.05) is 29.5 Å². The molecule has 2 aliphatic carbocycles. The van der Waals surface area contributed by atoms with Gasteiger partial charge in [-0.05, 0) is 42.6 Å². The van der Waals surface area contributed by atoms with Crippen LogP contribution in [0.4, 0.5) is 0 Å². The number of phenols is 1. The third-order valence-corrected chi connectivity index (χ3v) is 10.4. The van der Waals surface area contributed by atoms with E-state index in [-0.39, 0.29) is 36.2 Å². The molecule has 0 unspecified atom stereocenters. The van der Waals surface area contributed by atoms with E-state index in [1.54, 1.807) is 0 Å². The van der Waals surface area contributed by atoms with Gasteiger partial charge in [-0.15, -0.1) is 0 Å². The zero-order valence-corrected chi connectivity index (χ0v) is 21.4. The number of carbonyl (C=O) groups excluding carboxylic acids is 1. The van der Waals surface area contributed by atoms with Gasteiger partial charge in [-0.25, -0.2) is 0 Å². The van der Waals surface area contributed by atoms with Crippen molar-refractivity contribution in [1.29, 1.82) is 0 Å². The fourth-order valence-corrected chi connectivity index (χ4v) is 8.32. The zero-order valence-electron chi connectivity index (χ0n) is 20.6. The Kier molecular flexibility index (Phi) is 5.36. The fraction of sp³-hybridized carbons (Fsp3) is 0.720. The number of carbonyl (C=O) groups is 1. The molecule has 1 amide bonds. The molecule has 2 heterocycles. The maximum absolute atomic E-state index is 13.0. The molecule has 0 bridgehead atoms. The van der Waals surface area contributed by atoms with Gasteiger partial charge in [-0.3, -0.25) is 9.35 Å². The Morgan fingerprint density at radius 3 is 2.51 bits per heavy atom. The normalized spacial score (nSPS) is 37.7. The average molecular weight is 510 g/mol. The molecular weight excluding hydrogens is 474 g/mol. The van der Waals surface area contributed by atoms with Crippen molar-refractivity contribution in [3.05, 3.63) is 22.8 Å². The molecule has 2 saturated carbocycles. The minimum atomic E-state index is -4.23. The van der Waals surface area contributed by atoms with Crippen molar-refractivity contribution in [3.63, 3.8) is 0 Å². The summed E-state index contributed by atoms with van der Waals surface area (Å²) in [6.45, 7) is 8.20. The molecule has 194 valence electrons. The first-order valence-corrected chi connectivity index (χ1v) is 13.9. The number of aliphatic hydroxyl groups is 2. The molecule has 4 aliphatic rings. The van der Waals surface area contributed by atoms with Crippen LogP contribution >= 0.6 is 0 Å². The maximum atomic E-state index is 13.0. The van der Waals surface area contributed by atoms with Gasteiger partial charge in [0.05, 0.1) is 30.1 Å². The summed E-state index contributed by atoms with van der Waals surface area (Å²) in [5, 5.41) is 32.7. The van der Waals surface area contributed by atoms with Crippen LogP contribution < -0.4 is 4.74 Å². The molecule has 2 fully saturated rings. The molecule has 0 saturated heterocycles. The van der Waals surface area contributed by atoms with E-state index in [0.29, 0.717) is 29.7 Å². The van der Waals surface area contributed by atoms with E-state index in [2.05, 4.69) is 13.8 Å². The molecule has 2 aliphatic heterocycles. The Hall–Kier alpha value is -1.88. The van der Waals surface area contributed by atoms with Crippen molar-refractivity contribution in [1.82, 2.24) is 4.90 Å². The molecule has 9 nitrogen and oxygen atoms in total. The van der Waals surface area contributed by atoms with E-state index in [0.717, 1.165) is 12.8 Å². The van der Waals surface area contributed by atoms with E-state index >= 15 is 0 Å². The number of aromatic hydroxyl groups is 1. The second-order valence-corrected chi connectivity index (χ2v) is 13.5. The van der Waals surface area contributed by atoms with Crippen molar-refractivity contribution in [2.75, 3.05) is 12.3 Å². The summed E-state index contributed by atoms with van der Waals surface area (Å²) in [5.41, 5.74) is -0.265. The molecule has 5 rings (SSSR count). The highest BCUT2D eigenvalue weighted by molar-refractivity contribution is 7.85. The predicted octanol–water partition coefficient (Wildman–Crippen LogP) is 2.11. The molecule has 1 aromatic carbocycles. The van der Waals surface area contributed by atoms with Gasteiger partial charge >= 0.3 is 0 Å². The first-order chi connectivity index (χ1) is 16.1. The van der Waals surface area contributed by atoms with Gasteiger partial charge in [0.25, 0.3) is 16.0 Å². The minimum absolute atomic E-state index is 0.0332. The van der Waals surface area contributed by atoms with E-state index in [4.69, 9.17) is 9.29 Å². The number of aliphatic hydroxyl groups excluding tert-OH is 2. The Morgan fingerprint density at radius 1 is 1.17 bits per heavy atom. The lowest BCUT2D eigenvalue weighted by Gasteiger charge is -2.64. The number of benzene rings is 1. The second kappa shape index (κ2) is 7.57. The number of amides is 1. The van der Waals surface area contributed by atoms with Gasteiger partial charge < -0.3 is 25.0 Å². The first kappa shape index (κ1) is 24.8. The van der Waals surface area contributed by atoms with Crippen molar-refractivity contribution in [2.24, 2.45) is 22.7 Å². The number of hydrogen-bond acceptors (Lipinski definition) is 7. The number of nitrogens with zero attached hydrogens (tertiary/aromatic N) is 1. The summed E-state index contributed by atoms with van der Waals surface area (Å²) in [5.74, 6) is -0.384. The highest BCUT2D eigenvalue weighted by Gasteiger charge is 2.68. The van der Waals surface area contributed by atoms with Gasteiger partial charge in [0.15, 0.2) is 0 Å². The van der Waals surface area contributed by atoms with E-state index in [1.165, 1.54) is 11.0 Å². The van der Waals surface area contributed by atoms with Crippen molar-refractivity contribution < 1.29 is 37.8 Å². The topological polar surface area (TPSA) is 145 Å². The van der Waals surface area contributed by atoms with Gasteiger partial charge in [0.2, 0.25) is 0 Å². The number of hydrogen-bond donors (Lipinski definition) is 4. The summed E-state index contributed by atoms with van der Waals surface area (Å²) in [4.78, 5) is 14.3. The first-order valence-electron chi connectivity index (χ1n) is 12.3. The van der Waals surface area contributed by atoms with Crippen LogP contribution in [-0.4, -0.2) is 69.2 Å². The Labute approximate surface area is 205 Å². The molecule has 1 aromatic rings. The summed E-state index contributed by atoms with van der Waals surface area (Å²) in [7, 11) is -4.23. The van der Waals surface area contributed by atoms with E-state index < -0.39 is 50.4 Å². The number of rotatable bonds is 3. The SMILES string of the molecule is C[C@@H]1CC[C@H]2C(C)(C)[C@H](O)[C@H](O)C[C@]2(C)[C@@]12Cc1c(O)cc3c(c1O2)CN(CCS(=O)(=O)O)C3=O. The largest absolute Gasteiger partial charge is 0.508 e. The number of phenolic OH excluding ortho intramolecular Hbond substituents is 1. The van der Waals surface area contributed by atoms with Crippen LogP contribution in [0.1, 0.15) is 68.4 Å². The minimum Gasteiger partial charge on any atom is -0.508 e. The predicted molar refractivity (Wildman–Crippen MR) is 127 cm³/mol. The fourth-order valence-electron chi connectivity index (χ4n) is 7.87. The Bertz CT molecular complexity index is 1200. The highest BCUT2D eigenvalue weighted by Crippen LogP contribution is 2.67. The number of ether oxygens (including phenoxy) is 1. The molecule has 0 aromatic heterocycles. The van der Waals surface area contributed by atoms with Crippen LogP contribution in [0.2, 0.25) is 0 Å². The van der Waals surface area contributed by atoms with Gasteiger partial charge in [0.1, 0.15) is 17.1 Å². The van der Waals surface area contributed by atoms with Crippen molar-refractivity contribution >= 4 is 16.0 Å². The van der Waals surface area contributed by atoms with Crippen LogP contribution in [0.15, 0.2) is 6.07 Å². The van der Waals surface area contributed by atoms with Crippen LogP contribution in [0.3, 0.4) is 0 Å². The lowest BCUT2D eigenvalue weighted by molar-refractivity contribution is -0.240. The molecule has 35 heavy (non-hydrogen) atoms. The van der Waals surface area contributed by atoms with Crippen LogP contribution in [-0.2, 0) is 23.1 Å². The summed E-state index contributed by atoms with van der Waals surface area (Å²) < 4.78 is 38.5. The van der Waals surface area contributed by atoms with Crippen molar-refractivity contribution in [2.45, 2.75) is 77.7 Å². The third-order valence-electron chi connectivity index (χ3n) is 9.75. The molecule has 4 N–H and O–H groups in total. The second-order valence-electron chi connectivity index (χ2n) is 11.9. The smallest absolute Gasteiger partial charge is 0.266 e.